The molecule has 0 aliphatic rings. The molecule has 1 N–H and O–H groups in total. The molecule has 0 atom stereocenters. The lowest BCUT2D eigenvalue weighted by Crippen LogP contribution is -2.15. The average molecular weight is 146 g/mol. The van der Waals surface area contributed by atoms with E-state index in [4.69, 9.17) is 5.26 Å². The Kier molecular flexibility index (Phi) is 3.77. The van der Waals surface area contributed by atoms with Crippen molar-refractivity contribution in [2.75, 3.05) is 6.61 Å². The zero-order chi connectivity index (χ0) is 7.33. The van der Waals surface area contributed by atoms with Gasteiger partial charge in [0.15, 0.2) is 0 Å². The van der Waals surface area contributed by atoms with Crippen molar-refractivity contribution in [2.45, 2.75) is 19.6 Å². The second-order valence-corrected chi connectivity index (χ2v) is 8.13. The van der Waals surface area contributed by atoms with Crippen molar-refractivity contribution in [3.8, 4) is 0 Å². The summed E-state index contributed by atoms with van der Waals surface area (Å²) in [6.07, 6.45) is 1.85. The lowest BCUT2D eigenvalue weighted by molar-refractivity contribution is -0.231. The third kappa shape index (κ3) is 7.88. The minimum atomic E-state index is -1.07. The van der Waals surface area contributed by atoms with Gasteiger partial charge in [0.05, 0.1) is 14.7 Å². The first-order valence-electron chi connectivity index (χ1n) is 3.00. The van der Waals surface area contributed by atoms with E-state index in [-0.39, 0.29) is 0 Å². The van der Waals surface area contributed by atoms with Gasteiger partial charge in [-0.3, -0.25) is 5.26 Å². The molecule has 0 aliphatic carbocycles. The molecule has 0 aliphatic heterocycles. The van der Waals surface area contributed by atoms with Gasteiger partial charge in [-0.15, -0.1) is 0 Å². The van der Waals surface area contributed by atoms with Crippen molar-refractivity contribution < 1.29 is 10.1 Å². The molecule has 0 rings (SSSR count). The molecule has 2 nitrogen and oxygen atoms in total. The van der Waals surface area contributed by atoms with Gasteiger partial charge in [-0.05, 0) is 0 Å². The molecular formula is C6H14O2Si. The Labute approximate surface area is 57.1 Å². The molecule has 0 aromatic heterocycles. The normalized spacial score (nSPS) is 12.9. The first-order chi connectivity index (χ1) is 4.06. The van der Waals surface area contributed by atoms with Gasteiger partial charge in [0.2, 0.25) is 0 Å². The van der Waals surface area contributed by atoms with Crippen molar-refractivity contribution in [3.63, 3.8) is 0 Å². The highest BCUT2D eigenvalue weighted by atomic mass is 28.3. The van der Waals surface area contributed by atoms with E-state index in [1.165, 1.54) is 0 Å². The minimum Gasteiger partial charge on any atom is -0.252 e. The fraction of sp³-hybridized carbons (Fsp3) is 0.667. The molecule has 0 heterocycles. The van der Waals surface area contributed by atoms with Crippen LogP contribution < -0.4 is 0 Å². The van der Waals surface area contributed by atoms with E-state index in [1.54, 1.807) is 0 Å². The van der Waals surface area contributed by atoms with E-state index in [0.717, 1.165) is 0 Å². The van der Waals surface area contributed by atoms with Crippen molar-refractivity contribution in [1.29, 1.82) is 0 Å². The molecule has 0 saturated carbocycles. The summed E-state index contributed by atoms with van der Waals surface area (Å²) in [6, 6.07) is 0. The number of hydrogen-bond donors (Lipinski definition) is 1. The Bertz CT molecular complexity index is 93.7. The molecule has 0 aromatic rings. The molecule has 54 valence electrons. The van der Waals surface area contributed by atoms with Crippen LogP contribution in [0, 0.1) is 0 Å². The highest BCUT2D eigenvalue weighted by molar-refractivity contribution is 6.80. The molecule has 0 aromatic carbocycles. The van der Waals surface area contributed by atoms with E-state index >= 15 is 0 Å². The fourth-order valence-electron chi connectivity index (χ4n) is 0.445. The summed E-state index contributed by atoms with van der Waals surface area (Å²) in [5.74, 6) is 0. The maximum absolute atomic E-state index is 7.93. The molecular weight excluding hydrogens is 132 g/mol. The van der Waals surface area contributed by atoms with Gasteiger partial charge in [-0.25, -0.2) is 4.89 Å². The molecule has 9 heavy (non-hydrogen) atoms. The zero-order valence-electron chi connectivity index (χ0n) is 6.22. The number of rotatable bonds is 3. The van der Waals surface area contributed by atoms with Crippen LogP contribution in [0.15, 0.2) is 11.8 Å². The topological polar surface area (TPSA) is 29.5 Å². The average Bonchev–Trinajstić information content (AvgIpc) is 1.63. The zero-order valence-corrected chi connectivity index (χ0v) is 7.22. The maximum Gasteiger partial charge on any atom is 0.0997 e. The molecule has 0 bridgehead atoms. The van der Waals surface area contributed by atoms with Gasteiger partial charge in [0.25, 0.3) is 0 Å². The maximum atomic E-state index is 7.93. The summed E-state index contributed by atoms with van der Waals surface area (Å²) in [6.45, 7) is 6.98. The standard InChI is InChI=1S/C6H14O2Si/c1-9(2,3)6-4-5-8-7/h4,6-7H,5H2,1-3H3/b6-4+. The molecule has 0 spiro atoms. The van der Waals surface area contributed by atoms with Crippen LogP contribution in [0.4, 0.5) is 0 Å². The van der Waals surface area contributed by atoms with Crippen molar-refractivity contribution in [1.82, 2.24) is 0 Å². The molecule has 3 heteroatoms. The van der Waals surface area contributed by atoms with Crippen molar-refractivity contribution in [2.24, 2.45) is 0 Å². The molecule has 0 radical (unpaired) electrons. The third-order valence-corrected chi connectivity index (χ3v) is 2.02. The van der Waals surface area contributed by atoms with Crippen LogP contribution in [-0.4, -0.2) is 19.9 Å². The highest BCUT2D eigenvalue weighted by Crippen LogP contribution is 2.00. The van der Waals surface area contributed by atoms with Gasteiger partial charge in [0.1, 0.15) is 0 Å². The van der Waals surface area contributed by atoms with Crippen LogP contribution in [0.3, 0.4) is 0 Å². The second-order valence-electron chi connectivity index (χ2n) is 3.06. The smallest absolute Gasteiger partial charge is 0.0997 e. The Balaban J connectivity index is 3.45. The first kappa shape index (κ1) is 8.88. The quantitative estimate of drug-likeness (QED) is 0.374. The summed E-state index contributed by atoms with van der Waals surface area (Å²) in [5.41, 5.74) is 2.13. The molecule has 0 fully saturated rings. The van der Waals surface area contributed by atoms with Gasteiger partial charge < -0.3 is 0 Å². The van der Waals surface area contributed by atoms with Crippen LogP contribution in [0.2, 0.25) is 19.6 Å². The van der Waals surface area contributed by atoms with Crippen LogP contribution in [0.1, 0.15) is 0 Å². The fourth-order valence-corrected chi connectivity index (χ4v) is 1.25. The summed E-state index contributed by atoms with van der Waals surface area (Å²) in [7, 11) is -1.07. The summed E-state index contributed by atoms with van der Waals surface area (Å²) in [5, 5.41) is 7.93. The predicted molar refractivity (Wildman–Crippen MR) is 41.1 cm³/mol. The molecule has 0 saturated heterocycles. The van der Waals surface area contributed by atoms with Crippen molar-refractivity contribution in [3.05, 3.63) is 11.8 Å². The monoisotopic (exact) mass is 146 g/mol. The summed E-state index contributed by atoms with van der Waals surface area (Å²) in [4.78, 5) is 3.87. The van der Waals surface area contributed by atoms with Crippen LogP contribution in [0.25, 0.3) is 0 Å². The van der Waals surface area contributed by atoms with E-state index in [9.17, 15) is 0 Å². The van der Waals surface area contributed by atoms with Crippen molar-refractivity contribution >= 4 is 8.07 Å². The van der Waals surface area contributed by atoms with Gasteiger partial charge >= 0.3 is 0 Å². The molecule has 0 unspecified atom stereocenters. The first-order valence-corrected chi connectivity index (χ1v) is 6.58. The largest absolute Gasteiger partial charge is 0.252 e. The lowest BCUT2D eigenvalue weighted by atomic mass is 10.7. The van der Waals surface area contributed by atoms with Gasteiger partial charge in [-0.2, -0.15) is 0 Å². The van der Waals surface area contributed by atoms with E-state index in [1.807, 2.05) is 6.08 Å². The lowest BCUT2D eigenvalue weighted by Gasteiger charge is -2.06. The Morgan fingerprint density at radius 2 is 2.00 bits per heavy atom. The van der Waals surface area contributed by atoms with Gasteiger partial charge in [0, 0.05) is 0 Å². The highest BCUT2D eigenvalue weighted by Gasteiger charge is 2.05. The molecule has 0 amide bonds. The van der Waals surface area contributed by atoms with E-state index < -0.39 is 8.07 Å². The Morgan fingerprint density at radius 1 is 1.44 bits per heavy atom. The second kappa shape index (κ2) is 3.82. The summed E-state index contributed by atoms with van der Waals surface area (Å²) >= 11 is 0. The minimum absolute atomic E-state index is 0.310. The van der Waals surface area contributed by atoms with Crippen LogP contribution in [0.5, 0.6) is 0 Å². The van der Waals surface area contributed by atoms with Crippen LogP contribution in [-0.2, 0) is 4.89 Å². The predicted octanol–water partition coefficient (Wildman–Crippen LogP) is 1.91. The number of hydrogen-bond acceptors (Lipinski definition) is 2. The summed E-state index contributed by atoms with van der Waals surface area (Å²) < 4.78 is 0. The van der Waals surface area contributed by atoms with E-state index in [0.29, 0.717) is 6.61 Å². The Morgan fingerprint density at radius 3 is 2.33 bits per heavy atom. The van der Waals surface area contributed by atoms with Gasteiger partial charge in [-0.1, -0.05) is 31.4 Å². The van der Waals surface area contributed by atoms with Crippen LogP contribution >= 0.6 is 0 Å². The van der Waals surface area contributed by atoms with E-state index in [2.05, 4.69) is 30.2 Å². The SMILES string of the molecule is C[Si](C)(C)/C=C/COO. The third-order valence-electron chi connectivity index (χ3n) is 0.789. The Hall–Kier alpha value is -0.123.